The second-order valence-electron chi connectivity index (χ2n) is 1.67. The molecule has 1 rings (SSSR count). The van der Waals surface area contributed by atoms with Gasteiger partial charge in [0.25, 0.3) is 0 Å². The molecule has 0 aromatic rings. The third-order valence-corrected chi connectivity index (χ3v) is 2.88. The fraction of sp³-hybridized carbons (Fsp3) is 1.00. The van der Waals surface area contributed by atoms with Gasteiger partial charge in [0.05, 0.1) is 0 Å². The van der Waals surface area contributed by atoms with E-state index in [1.54, 1.807) is 0 Å². The van der Waals surface area contributed by atoms with Crippen LogP contribution in [-0.2, 0) is 10.8 Å². The predicted molar refractivity (Wildman–Crippen MR) is 44.4 cm³/mol. The number of hydrogen-bond donors (Lipinski definition) is 0. The summed E-state index contributed by atoms with van der Waals surface area (Å²) in [5.41, 5.74) is -3.76. The summed E-state index contributed by atoms with van der Waals surface area (Å²) in [7, 11) is -2.04. The molecule has 3 heteroatoms. The number of hydrogen-bond acceptors (Lipinski definition) is 2. The van der Waals surface area contributed by atoms with Gasteiger partial charge < -0.3 is 0 Å². The van der Waals surface area contributed by atoms with Gasteiger partial charge in [-0.2, -0.15) is 11.8 Å². The van der Waals surface area contributed by atoms with E-state index < -0.39 is 22.2 Å². The normalized spacial score (nSPS) is 42.7. The van der Waals surface area contributed by atoms with Crippen LogP contribution in [0.1, 0.15) is 18.3 Å². The highest BCUT2D eigenvalue weighted by Gasteiger charge is 2.02. The summed E-state index contributed by atoms with van der Waals surface area (Å²) in [5.74, 6) is 1.24. The van der Waals surface area contributed by atoms with Gasteiger partial charge in [0.15, 0.2) is 0 Å². The summed E-state index contributed by atoms with van der Waals surface area (Å²) in [6.07, 6.45) is 0.341. The van der Waals surface area contributed by atoms with Crippen molar-refractivity contribution in [3.63, 3.8) is 0 Å². The van der Waals surface area contributed by atoms with Crippen molar-refractivity contribution in [3.05, 3.63) is 0 Å². The van der Waals surface area contributed by atoms with Crippen molar-refractivity contribution in [1.29, 1.82) is 0 Å². The first kappa shape index (κ1) is 3.77. The van der Waals surface area contributed by atoms with E-state index in [2.05, 4.69) is 0 Å². The number of thioether (sulfide) groups is 1. The first-order chi connectivity index (χ1) is 5.86. The van der Waals surface area contributed by atoms with E-state index in [0.29, 0.717) is 11.5 Å². The zero-order valence-electron chi connectivity index (χ0n) is 9.05. The molecule has 1 heterocycles. The fourth-order valence-electron chi connectivity index (χ4n) is 0.566. The van der Waals surface area contributed by atoms with Gasteiger partial charge >= 0.3 is 0 Å². The minimum absolute atomic E-state index is 0.170. The van der Waals surface area contributed by atoms with Crippen LogP contribution < -0.4 is 0 Å². The molecule has 54 valence electrons. The molecule has 1 aliphatic rings. The van der Waals surface area contributed by atoms with Gasteiger partial charge in [0.1, 0.15) is 0 Å². The Morgan fingerprint density at radius 3 is 2.44 bits per heavy atom. The van der Waals surface area contributed by atoms with Crippen LogP contribution in [0.3, 0.4) is 0 Å². The minimum Gasteiger partial charge on any atom is -0.260 e. The lowest BCUT2D eigenvalue weighted by atomic mass is 10.6. The first-order valence-electron chi connectivity index (χ1n) is 4.86. The van der Waals surface area contributed by atoms with Gasteiger partial charge in [-0.25, -0.2) is 0 Å². The van der Waals surface area contributed by atoms with Gasteiger partial charge in [-0.05, 0) is 24.3 Å². The summed E-state index contributed by atoms with van der Waals surface area (Å²) in [5, 5.41) is 0. The third kappa shape index (κ3) is 3.26. The van der Waals surface area contributed by atoms with Crippen molar-refractivity contribution in [1.82, 2.24) is 0 Å². The van der Waals surface area contributed by atoms with Gasteiger partial charge in [-0.3, -0.25) is 4.21 Å². The molecule has 1 aliphatic heterocycles. The molecule has 0 aliphatic carbocycles. The van der Waals surface area contributed by atoms with Crippen LogP contribution >= 0.6 is 11.8 Å². The van der Waals surface area contributed by atoms with Crippen molar-refractivity contribution in [2.45, 2.75) is 12.8 Å². The summed E-state index contributed by atoms with van der Waals surface area (Å²) < 4.78 is 41.2. The molecule has 9 heavy (non-hydrogen) atoms. The quantitative estimate of drug-likeness (QED) is 0.542. The molecule has 1 saturated heterocycles. The SMILES string of the molecule is [2H]C1([2H])CCSCCC([2H])([2H])S1=O. The monoisotopic (exact) mass is 168 g/mol. The third-order valence-electron chi connectivity index (χ3n) is 0.959. The van der Waals surface area contributed by atoms with E-state index in [1.165, 1.54) is 11.8 Å². The Hall–Kier alpha value is 0.500. The Balaban J connectivity index is 2.83. The molecule has 1 fully saturated rings. The lowest BCUT2D eigenvalue weighted by molar-refractivity contribution is 0.680. The Labute approximate surface area is 68.7 Å². The lowest BCUT2D eigenvalue weighted by Gasteiger charge is -2.06. The van der Waals surface area contributed by atoms with E-state index in [4.69, 9.17) is 5.48 Å². The molecule has 0 aromatic heterocycles. The van der Waals surface area contributed by atoms with Crippen LogP contribution in [0.2, 0.25) is 0 Å². The van der Waals surface area contributed by atoms with Gasteiger partial charge in [-0.1, -0.05) is 0 Å². The fourth-order valence-corrected chi connectivity index (χ4v) is 2.20. The van der Waals surface area contributed by atoms with Crippen LogP contribution in [0.25, 0.3) is 0 Å². The second-order valence-corrected chi connectivity index (χ2v) is 4.01. The van der Waals surface area contributed by atoms with E-state index in [9.17, 15) is 4.21 Å². The Morgan fingerprint density at radius 1 is 1.33 bits per heavy atom. The maximum atomic E-state index is 11.5. The average molecular weight is 168 g/mol. The molecule has 0 unspecified atom stereocenters. The Bertz CT molecular complexity index is 199. The van der Waals surface area contributed by atoms with E-state index >= 15 is 0 Å². The van der Waals surface area contributed by atoms with Crippen molar-refractivity contribution < 1.29 is 9.69 Å². The van der Waals surface area contributed by atoms with Gasteiger partial charge in [0, 0.05) is 27.7 Å². The smallest absolute Gasteiger partial charge is 0.0407 e. The predicted octanol–water partition coefficient (Wildman–Crippen LogP) is 1.26. The highest BCUT2D eigenvalue weighted by molar-refractivity contribution is 7.99. The molecule has 1 nitrogen and oxygen atoms in total. The van der Waals surface area contributed by atoms with Crippen LogP contribution in [-0.4, -0.2) is 27.1 Å². The Kier molecular flexibility index (Phi) is 1.81. The molecule has 0 spiro atoms. The molecule has 0 amide bonds. The summed E-state index contributed by atoms with van der Waals surface area (Å²) in [4.78, 5) is 0. The van der Waals surface area contributed by atoms with E-state index in [1.807, 2.05) is 0 Å². The lowest BCUT2D eigenvalue weighted by Crippen LogP contribution is -2.07. The van der Waals surface area contributed by atoms with Crippen molar-refractivity contribution in [2.24, 2.45) is 0 Å². The summed E-state index contributed by atoms with van der Waals surface area (Å²) in [6, 6.07) is 0. The molecule has 0 N–H and O–H groups in total. The zero-order valence-corrected chi connectivity index (χ0v) is 6.69. The summed E-state index contributed by atoms with van der Waals surface area (Å²) >= 11 is 1.52. The minimum atomic E-state index is -2.04. The highest BCUT2D eigenvalue weighted by Crippen LogP contribution is 2.09. The van der Waals surface area contributed by atoms with E-state index in [0.717, 1.165) is 0 Å². The molecule has 0 bridgehead atoms. The Morgan fingerprint density at radius 2 is 1.89 bits per heavy atom. The molecular formula is C6H12OS2. The maximum absolute atomic E-state index is 11.5. The van der Waals surface area contributed by atoms with Crippen LogP contribution in [0, 0.1) is 0 Å². The molecule has 0 aromatic carbocycles. The average Bonchev–Trinajstić information content (AvgIpc) is 2.01. The van der Waals surface area contributed by atoms with Gasteiger partial charge in [0.2, 0.25) is 0 Å². The van der Waals surface area contributed by atoms with Crippen molar-refractivity contribution in [3.8, 4) is 0 Å². The van der Waals surface area contributed by atoms with Crippen LogP contribution in [0.15, 0.2) is 0 Å². The topological polar surface area (TPSA) is 17.1 Å². The van der Waals surface area contributed by atoms with Crippen LogP contribution in [0.5, 0.6) is 0 Å². The maximum Gasteiger partial charge on any atom is 0.0407 e. The van der Waals surface area contributed by atoms with Gasteiger partial charge in [-0.15, -0.1) is 0 Å². The summed E-state index contributed by atoms with van der Waals surface area (Å²) in [6.45, 7) is 0. The second kappa shape index (κ2) is 4.34. The van der Waals surface area contributed by atoms with E-state index in [-0.39, 0.29) is 12.8 Å². The largest absolute Gasteiger partial charge is 0.260 e. The first-order valence-corrected chi connectivity index (χ1v) is 5.16. The standard InChI is InChI=1S/C6H12OS2/c7-9-5-1-3-8-4-2-6-9/h1-6H2/i5D2,6D2. The molecule has 0 atom stereocenters. The van der Waals surface area contributed by atoms with Crippen molar-refractivity contribution >= 4 is 22.6 Å². The molecule has 0 radical (unpaired) electrons. The number of rotatable bonds is 0. The zero-order chi connectivity index (χ0) is 10.1. The molecule has 0 saturated carbocycles. The highest BCUT2D eigenvalue weighted by atomic mass is 32.2. The van der Waals surface area contributed by atoms with Crippen molar-refractivity contribution in [2.75, 3.05) is 22.9 Å². The van der Waals surface area contributed by atoms with Crippen LogP contribution in [0.4, 0.5) is 0 Å². The molecular weight excluding hydrogens is 152 g/mol.